The van der Waals surface area contributed by atoms with Crippen molar-refractivity contribution in [3.8, 4) is 0 Å². The lowest BCUT2D eigenvalue weighted by atomic mass is 10.2. The SMILES string of the molecule is Nc1ccc(N2CC(N)CC2C(=O)O)cc1. The highest BCUT2D eigenvalue weighted by atomic mass is 16.4. The normalized spacial score (nSPS) is 24.7. The molecule has 0 spiro atoms. The summed E-state index contributed by atoms with van der Waals surface area (Å²) in [6.07, 6.45) is 0.486. The van der Waals surface area contributed by atoms with Crippen molar-refractivity contribution in [3.05, 3.63) is 24.3 Å². The smallest absolute Gasteiger partial charge is 0.326 e. The Morgan fingerprint density at radius 3 is 2.56 bits per heavy atom. The van der Waals surface area contributed by atoms with Crippen molar-refractivity contribution in [2.24, 2.45) is 5.73 Å². The molecule has 16 heavy (non-hydrogen) atoms. The van der Waals surface area contributed by atoms with E-state index in [-0.39, 0.29) is 6.04 Å². The Bertz CT molecular complexity index is 391. The molecule has 1 saturated heterocycles. The van der Waals surface area contributed by atoms with E-state index in [2.05, 4.69) is 0 Å². The first-order valence-corrected chi connectivity index (χ1v) is 5.18. The van der Waals surface area contributed by atoms with Crippen LogP contribution in [0.1, 0.15) is 6.42 Å². The molecule has 0 aromatic heterocycles. The van der Waals surface area contributed by atoms with Crippen LogP contribution in [0, 0.1) is 0 Å². The van der Waals surface area contributed by atoms with E-state index in [1.807, 2.05) is 17.0 Å². The van der Waals surface area contributed by atoms with Crippen LogP contribution in [-0.4, -0.2) is 29.7 Å². The average molecular weight is 221 g/mol. The van der Waals surface area contributed by atoms with Gasteiger partial charge in [0.2, 0.25) is 0 Å². The van der Waals surface area contributed by atoms with Crippen molar-refractivity contribution in [3.63, 3.8) is 0 Å². The van der Waals surface area contributed by atoms with E-state index >= 15 is 0 Å². The Morgan fingerprint density at radius 1 is 1.38 bits per heavy atom. The zero-order chi connectivity index (χ0) is 11.7. The molecule has 1 aliphatic rings. The van der Waals surface area contributed by atoms with Crippen LogP contribution < -0.4 is 16.4 Å². The van der Waals surface area contributed by atoms with E-state index in [4.69, 9.17) is 16.6 Å². The summed E-state index contributed by atoms with van der Waals surface area (Å²) in [5.74, 6) is -0.829. The molecule has 1 aromatic rings. The van der Waals surface area contributed by atoms with Crippen LogP contribution in [0.25, 0.3) is 0 Å². The Labute approximate surface area is 93.6 Å². The molecule has 5 heteroatoms. The van der Waals surface area contributed by atoms with Gasteiger partial charge in [-0.3, -0.25) is 0 Å². The van der Waals surface area contributed by atoms with E-state index in [0.29, 0.717) is 18.7 Å². The van der Waals surface area contributed by atoms with Crippen LogP contribution in [0.5, 0.6) is 0 Å². The third-order valence-corrected chi connectivity index (χ3v) is 2.84. The van der Waals surface area contributed by atoms with E-state index in [0.717, 1.165) is 5.69 Å². The van der Waals surface area contributed by atoms with E-state index in [1.54, 1.807) is 12.1 Å². The fourth-order valence-electron chi connectivity index (χ4n) is 2.05. The monoisotopic (exact) mass is 221 g/mol. The van der Waals surface area contributed by atoms with Gasteiger partial charge in [0.1, 0.15) is 6.04 Å². The molecule has 0 amide bonds. The van der Waals surface area contributed by atoms with Crippen molar-refractivity contribution >= 4 is 17.3 Å². The minimum atomic E-state index is -0.829. The van der Waals surface area contributed by atoms with Gasteiger partial charge >= 0.3 is 5.97 Å². The summed E-state index contributed by atoms with van der Waals surface area (Å²) >= 11 is 0. The van der Waals surface area contributed by atoms with Crippen molar-refractivity contribution < 1.29 is 9.90 Å². The quantitative estimate of drug-likeness (QED) is 0.623. The Kier molecular flexibility index (Phi) is 2.70. The molecular weight excluding hydrogens is 206 g/mol. The van der Waals surface area contributed by atoms with Crippen LogP contribution in [0.15, 0.2) is 24.3 Å². The van der Waals surface area contributed by atoms with Gasteiger partial charge < -0.3 is 21.5 Å². The summed E-state index contributed by atoms with van der Waals surface area (Å²) in [5, 5.41) is 9.10. The Morgan fingerprint density at radius 2 is 2.00 bits per heavy atom. The van der Waals surface area contributed by atoms with Gasteiger partial charge in [0, 0.05) is 24.0 Å². The van der Waals surface area contributed by atoms with Gasteiger partial charge in [-0.2, -0.15) is 0 Å². The third-order valence-electron chi connectivity index (χ3n) is 2.84. The van der Waals surface area contributed by atoms with Gasteiger partial charge in [0.05, 0.1) is 0 Å². The van der Waals surface area contributed by atoms with Gasteiger partial charge in [-0.25, -0.2) is 4.79 Å². The number of benzene rings is 1. The van der Waals surface area contributed by atoms with E-state index < -0.39 is 12.0 Å². The molecule has 1 fully saturated rings. The number of nitrogens with two attached hydrogens (primary N) is 2. The van der Waals surface area contributed by atoms with Crippen molar-refractivity contribution in [1.29, 1.82) is 0 Å². The third kappa shape index (κ3) is 1.94. The van der Waals surface area contributed by atoms with Gasteiger partial charge in [-0.05, 0) is 30.7 Å². The van der Waals surface area contributed by atoms with Crippen LogP contribution in [0.2, 0.25) is 0 Å². The Hall–Kier alpha value is -1.75. The highest BCUT2D eigenvalue weighted by molar-refractivity contribution is 5.79. The molecule has 5 N–H and O–H groups in total. The topological polar surface area (TPSA) is 92.6 Å². The second-order valence-corrected chi connectivity index (χ2v) is 4.09. The fourth-order valence-corrected chi connectivity index (χ4v) is 2.05. The molecule has 86 valence electrons. The Balaban J connectivity index is 2.25. The zero-order valence-electron chi connectivity index (χ0n) is 8.84. The second-order valence-electron chi connectivity index (χ2n) is 4.09. The number of nitrogens with zero attached hydrogens (tertiary/aromatic N) is 1. The molecule has 2 rings (SSSR count). The molecule has 5 nitrogen and oxygen atoms in total. The number of carboxylic acid groups (broad SMARTS) is 1. The van der Waals surface area contributed by atoms with Gasteiger partial charge in [-0.1, -0.05) is 0 Å². The summed E-state index contributed by atoms with van der Waals surface area (Å²) < 4.78 is 0. The van der Waals surface area contributed by atoms with E-state index in [9.17, 15) is 4.79 Å². The minimum absolute atomic E-state index is 0.0846. The van der Waals surface area contributed by atoms with Gasteiger partial charge in [-0.15, -0.1) is 0 Å². The second kappa shape index (κ2) is 4.02. The van der Waals surface area contributed by atoms with Crippen LogP contribution >= 0.6 is 0 Å². The highest BCUT2D eigenvalue weighted by Crippen LogP contribution is 2.25. The molecule has 1 aromatic carbocycles. The number of aliphatic carboxylic acids is 1. The summed E-state index contributed by atoms with van der Waals surface area (Å²) in [7, 11) is 0. The standard InChI is InChI=1S/C11H15N3O2/c12-7-1-3-9(4-2-7)14-6-8(13)5-10(14)11(15)16/h1-4,8,10H,5-6,12-13H2,(H,15,16). The predicted molar refractivity (Wildman–Crippen MR) is 62.2 cm³/mol. The maximum Gasteiger partial charge on any atom is 0.326 e. The summed E-state index contributed by atoms with van der Waals surface area (Å²) in [5.41, 5.74) is 12.9. The number of rotatable bonds is 2. The summed E-state index contributed by atoms with van der Waals surface area (Å²) in [6.45, 7) is 0.570. The van der Waals surface area contributed by atoms with Gasteiger partial charge in [0.15, 0.2) is 0 Å². The van der Waals surface area contributed by atoms with Crippen molar-refractivity contribution in [2.75, 3.05) is 17.2 Å². The molecule has 0 aliphatic carbocycles. The predicted octanol–water partition coefficient (Wildman–Crippen LogP) is 0.259. The number of anilines is 2. The van der Waals surface area contributed by atoms with Crippen molar-refractivity contribution in [1.82, 2.24) is 0 Å². The minimum Gasteiger partial charge on any atom is -0.480 e. The lowest BCUT2D eigenvalue weighted by Gasteiger charge is -2.23. The molecular formula is C11H15N3O2. The fraction of sp³-hybridized carbons (Fsp3) is 0.364. The number of hydrogen-bond acceptors (Lipinski definition) is 4. The van der Waals surface area contributed by atoms with Crippen molar-refractivity contribution in [2.45, 2.75) is 18.5 Å². The maximum absolute atomic E-state index is 11.1. The molecule has 0 radical (unpaired) electrons. The lowest BCUT2D eigenvalue weighted by molar-refractivity contribution is -0.138. The van der Waals surface area contributed by atoms with Crippen LogP contribution in [0.3, 0.4) is 0 Å². The average Bonchev–Trinajstić information content (AvgIpc) is 2.61. The number of nitrogen functional groups attached to an aromatic ring is 1. The van der Waals surface area contributed by atoms with Gasteiger partial charge in [0.25, 0.3) is 0 Å². The molecule has 2 atom stereocenters. The summed E-state index contributed by atoms with van der Waals surface area (Å²) in [4.78, 5) is 12.9. The van der Waals surface area contributed by atoms with Crippen LogP contribution in [-0.2, 0) is 4.79 Å². The first-order valence-electron chi connectivity index (χ1n) is 5.18. The first-order chi connectivity index (χ1) is 7.58. The molecule has 1 heterocycles. The molecule has 2 unspecified atom stereocenters. The molecule has 0 saturated carbocycles. The molecule has 1 aliphatic heterocycles. The van der Waals surface area contributed by atoms with E-state index in [1.165, 1.54) is 0 Å². The van der Waals surface area contributed by atoms with Crippen LogP contribution in [0.4, 0.5) is 11.4 Å². The zero-order valence-corrected chi connectivity index (χ0v) is 8.84. The summed E-state index contributed by atoms with van der Waals surface area (Å²) in [6, 6.07) is 6.56. The molecule has 0 bridgehead atoms. The number of carbonyl (C=O) groups is 1. The number of carboxylic acids is 1. The number of hydrogen-bond donors (Lipinski definition) is 3. The largest absolute Gasteiger partial charge is 0.480 e. The lowest BCUT2D eigenvalue weighted by Crippen LogP contribution is -2.36. The maximum atomic E-state index is 11.1. The highest BCUT2D eigenvalue weighted by Gasteiger charge is 2.35. The first kappa shape index (κ1) is 10.8.